The van der Waals surface area contributed by atoms with Crippen molar-refractivity contribution >= 4 is 23.2 Å². The second-order valence-electron chi connectivity index (χ2n) is 5.23. The zero-order valence-electron chi connectivity index (χ0n) is 11.7. The highest BCUT2D eigenvalue weighted by Gasteiger charge is 2.35. The van der Waals surface area contributed by atoms with E-state index < -0.39 is 0 Å². The lowest BCUT2D eigenvalue weighted by molar-refractivity contribution is 0.0448. The quantitative estimate of drug-likeness (QED) is 0.905. The van der Waals surface area contributed by atoms with Gasteiger partial charge in [0.25, 0.3) is 0 Å². The molecule has 0 unspecified atom stereocenters. The summed E-state index contributed by atoms with van der Waals surface area (Å²) in [4.78, 5) is 2.54. The van der Waals surface area contributed by atoms with E-state index in [4.69, 9.17) is 23.2 Å². The predicted molar refractivity (Wildman–Crippen MR) is 83.1 cm³/mol. The molecule has 1 aliphatic rings. The lowest BCUT2D eigenvalue weighted by Crippen LogP contribution is -2.60. The summed E-state index contributed by atoms with van der Waals surface area (Å²) in [6, 6.07) is 5.74. The van der Waals surface area contributed by atoms with Crippen molar-refractivity contribution < 1.29 is 0 Å². The molecule has 19 heavy (non-hydrogen) atoms. The van der Waals surface area contributed by atoms with Crippen LogP contribution in [0, 0.1) is 0 Å². The van der Waals surface area contributed by atoms with E-state index >= 15 is 0 Å². The molecule has 1 heterocycles. The van der Waals surface area contributed by atoms with Crippen LogP contribution in [0.4, 0.5) is 0 Å². The third kappa shape index (κ3) is 3.08. The van der Waals surface area contributed by atoms with Gasteiger partial charge in [-0.05, 0) is 25.0 Å². The maximum Gasteiger partial charge on any atom is 0.0465 e. The molecule has 1 aromatic rings. The molecule has 0 amide bonds. The van der Waals surface area contributed by atoms with Crippen LogP contribution in [0.3, 0.4) is 0 Å². The summed E-state index contributed by atoms with van der Waals surface area (Å²) in [7, 11) is 0. The fourth-order valence-corrected chi connectivity index (χ4v) is 3.47. The molecule has 0 atom stereocenters. The fraction of sp³-hybridized carbons (Fsp3) is 0.600. The minimum Gasteiger partial charge on any atom is -0.314 e. The van der Waals surface area contributed by atoms with Gasteiger partial charge in [0.1, 0.15) is 0 Å². The van der Waals surface area contributed by atoms with E-state index in [1.807, 2.05) is 18.2 Å². The Morgan fingerprint density at radius 1 is 1.21 bits per heavy atom. The molecule has 1 N–H and O–H groups in total. The summed E-state index contributed by atoms with van der Waals surface area (Å²) in [5.74, 6) is 0. The van der Waals surface area contributed by atoms with Crippen molar-refractivity contribution in [2.45, 2.75) is 38.8 Å². The number of nitrogens with one attached hydrogen (secondary N) is 1. The first-order valence-corrected chi connectivity index (χ1v) is 7.77. The van der Waals surface area contributed by atoms with E-state index in [9.17, 15) is 0 Å². The van der Waals surface area contributed by atoms with Crippen molar-refractivity contribution in [2.75, 3.05) is 19.6 Å². The van der Waals surface area contributed by atoms with Gasteiger partial charge in [-0.1, -0.05) is 43.1 Å². The molecular formula is C15H22Cl2N2. The summed E-state index contributed by atoms with van der Waals surface area (Å²) < 4.78 is 0. The van der Waals surface area contributed by atoms with Crippen molar-refractivity contribution in [3.05, 3.63) is 33.8 Å². The molecule has 0 radical (unpaired) electrons. The number of hydrogen-bond donors (Lipinski definition) is 1. The Balaban J connectivity index is 2.25. The van der Waals surface area contributed by atoms with Gasteiger partial charge in [0, 0.05) is 47.3 Å². The predicted octanol–water partition coefficient (Wildman–Crippen LogP) is 3.96. The third-order valence-corrected chi connectivity index (χ3v) is 5.12. The van der Waals surface area contributed by atoms with E-state index in [-0.39, 0.29) is 5.54 Å². The van der Waals surface area contributed by atoms with Crippen molar-refractivity contribution in [1.82, 2.24) is 10.2 Å². The molecule has 2 rings (SSSR count). The van der Waals surface area contributed by atoms with Crippen molar-refractivity contribution in [2.24, 2.45) is 0 Å². The first-order chi connectivity index (χ1) is 9.13. The molecule has 0 aromatic heterocycles. The van der Waals surface area contributed by atoms with Gasteiger partial charge in [0.15, 0.2) is 0 Å². The summed E-state index contributed by atoms with van der Waals surface area (Å²) in [6.45, 7) is 8.48. The molecule has 1 saturated heterocycles. The fourth-order valence-electron chi connectivity index (χ4n) is 2.95. The monoisotopic (exact) mass is 300 g/mol. The summed E-state index contributed by atoms with van der Waals surface area (Å²) in [6.07, 6.45) is 2.27. The molecule has 1 aliphatic heterocycles. The molecule has 1 fully saturated rings. The highest BCUT2D eigenvalue weighted by atomic mass is 35.5. The number of hydrogen-bond acceptors (Lipinski definition) is 2. The van der Waals surface area contributed by atoms with Crippen LogP contribution in [-0.4, -0.2) is 30.1 Å². The zero-order chi connectivity index (χ0) is 13.9. The van der Waals surface area contributed by atoms with Crippen LogP contribution < -0.4 is 5.32 Å². The van der Waals surface area contributed by atoms with Crippen molar-refractivity contribution in [3.63, 3.8) is 0 Å². The summed E-state index contributed by atoms with van der Waals surface area (Å²) >= 11 is 12.6. The smallest absolute Gasteiger partial charge is 0.0465 e. The van der Waals surface area contributed by atoms with Gasteiger partial charge in [-0.3, -0.25) is 4.90 Å². The van der Waals surface area contributed by atoms with Crippen molar-refractivity contribution in [3.8, 4) is 0 Å². The van der Waals surface area contributed by atoms with Crippen LogP contribution in [0.25, 0.3) is 0 Å². The zero-order valence-corrected chi connectivity index (χ0v) is 13.2. The van der Waals surface area contributed by atoms with E-state index in [0.29, 0.717) is 0 Å². The van der Waals surface area contributed by atoms with E-state index in [1.165, 1.54) is 0 Å². The lowest BCUT2D eigenvalue weighted by atomic mass is 9.88. The molecule has 0 saturated carbocycles. The molecule has 0 spiro atoms. The third-order valence-electron chi connectivity index (χ3n) is 4.41. The van der Waals surface area contributed by atoms with Crippen LogP contribution in [0.5, 0.6) is 0 Å². The van der Waals surface area contributed by atoms with Gasteiger partial charge in [0.05, 0.1) is 0 Å². The maximum atomic E-state index is 6.30. The van der Waals surface area contributed by atoms with Gasteiger partial charge in [-0.15, -0.1) is 0 Å². The van der Waals surface area contributed by atoms with Crippen LogP contribution in [0.1, 0.15) is 32.3 Å². The molecule has 0 aliphatic carbocycles. The van der Waals surface area contributed by atoms with E-state index in [0.717, 1.165) is 54.6 Å². The SMILES string of the molecule is CCC1(CC)CNCCN1Cc1c(Cl)cccc1Cl. The van der Waals surface area contributed by atoms with Crippen LogP contribution in [0.2, 0.25) is 10.0 Å². The Labute approximate surface area is 126 Å². The van der Waals surface area contributed by atoms with Crippen LogP contribution in [0.15, 0.2) is 18.2 Å². The average molecular weight is 301 g/mol. The molecule has 1 aromatic carbocycles. The van der Waals surface area contributed by atoms with Gasteiger partial charge in [-0.25, -0.2) is 0 Å². The number of piperazine rings is 1. The second kappa shape index (κ2) is 6.45. The second-order valence-corrected chi connectivity index (χ2v) is 6.04. The molecule has 2 nitrogen and oxygen atoms in total. The van der Waals surface area contributed by atoms with E-state index in [1.54, 1.807) is 0 Å². The first-order valence-electron chi connectivity index (χ1n) is 7.01. The Morgan fingerprint density at radius 3 is 2.42 bits per heavy atom. The lowest BCUT2D eigenvalue weighted by Gasteiger charge is -2.47. The summed E-state index contributed by atoms with van der Waals surface area (Å²) in [5, 5.41) is 5.06. The number of halogens is 2. The molecule has 106 valence electrons. The highest BCUT2D eigenvalue weighted by Crippen LogP contribution is 2.31. The maximum absolute atomic E-state index is 6.30. The van der Waals surface area contributed by atoms with Gasteiger partial charge in [0.2, 0.25) is 0 Å². The minimum atomic E-state index is 0.223. The Morgan fingerprint density at radius 2 is 1.84 bits per heavy atom. The summed E-state index contributed by atoms with van der Waals surface area (Å²) in [5.41, 5.74) is 1.28. The molecule has 4 heteroatoms. The van der Waals surface area contributed by atoms with Gasteiger partial charge >= 0.3 is 0 Å². The van der Waals surface area contributed by atoms with Gasteiger partial charge < -0.3 is 5.32 Å². The van der Waals surface area contributed by atoms with Gasteiger partial charge in [-0.2, -0.15) is 0 Å². The Kier molecular flexibility index (Phi) is 5.13. The normalized spacial score (nSPS) is 19.6. The van der Waals surface area contributed by atoms with Crippen LogP contribution in [-0.2, 0) is 6.54 Å². The Hall–Kier alpha value is -0.280. The first kappa shape index (κ1) is 15.1. The molecule has 0 bridgehead atoms. The largest absolute Gasteiger partial charge is 0.314 e. The number of rotatable bonds is 4. The highest BCUT2D eigenvalue weighted by molar-refractivity contribution is 6.35. The number of nitrogens with zero attached hydrogens (tertiary/aromatic N) is 1. The van der Waals surface area contributed by atoms with E-state index in [2.05, 4.69) is 24.1 Å². The van der Waals surface area contributed by atoms with Crippen LogP contribution >= 0.6 is 23.2 Å². The standard InChI is InChI=1S/C15H22Cl2N2/c1-3-15(4-2)11-18-8-9-19(15)10-12-13(16)6-5-7-14(12)17/h5-7,18H,3-4,8-11H2,1-2H3. The Bertz CT molecular complexity index is 410. The average Bonchev–Trinajstić information content (AvgIpc) is 2.43. The topological polar surface area (TPSA) is 15.3 Å². The number of benzene rings is 1. The van der Waals surface area contributed by atoms with Crippen molar-refractivity contribution in [1.29, 1.82) is 0 Å². The molecular weight excluding hydrogens is 279 g/mol. The minimum absolute atomic E-state index is 0.223.